The maximum absolute atomic E-state index is 12.5. The molecule has 0 aliphatic rings. The molecular weight excluding hydrogens is 398 g/mol. The van der Waals surface area contributed by atoms with Gasteiger partial charge in [0.1, 0.15) is 0 Å². The van der Waals surface area contributed by atoms with Gasteiger partial charge in [0.25, 0.3) is 0 Å². The lowest BCUT2D eigenvalue weighted by molar-refractivity contribution is 0.410. The van der Waals surface area contributed by atoms with Crippen molar-refractivity contribution >= 4 is 27.3 Å². The fourth-order valence-corrected chi connectivity index (χ4v) is 4.00. The van der Waals surface area contributed by atoms with Gasteiger partial charge in [-0.3, -0.25) is 0 Å². The average Bonchev–Trinajstić information content (AvgIpc) is 3.15. The summed E-state index contributed by atoms with van der Waals surface area (Å²) >= 11 is 5.90. The maximum atomic E-state index is 12.5. The van der Waals surface area contributed by atoms with E-state index in [1.165, 1.54) is 4.31 Å². The molecule has 1 aromatic heterocycles. The molecule has 28 heavy (non-hydrogen) atoms. The van der Waals surface area contributed by atoms with Gasteiger partial charge < -0.3 is 9.73 Å². The van der Waals surface area contributed by atoms with E-state index in [2.05, 4.69) is 10.3 Å². The number of hydrogen-bond donors (Lipinski definition) is 1. The van der Waals surface area contributed by atoms with Crippen molar-refractivity contribution in [1.82, 2.24) is 9.29 Å². The lowest BCUT2D eigenvalue weighted by Crippen LogP contribution is -2.33. The molecule has 0 radical (unpaired) electrons. The van der Waals surface area contributed by atoms with Crippen LogP contribution in [-0.2, 0) is 16.6 Å². The molecule has 148 valence electrons. The van der Waals surface area contributed by atoms with Gasteiger partial charge in [-0.25, -0.2) is 13.4 Å². The van der Waals surface area contributed by atoms with Crippen molar-refractivity contribution in [2.24, 2.45) is 0 Å². The SMILES string of the molecule is CC(C)N(C)S(=O)(=O)c1ccc(NCc2ncc(-c3ccc(Cl)cc3)o2)cc1. The second kappa shape index (κ2) is 8.34. The van der Waals surface area contributed by atoms with Crippen molar-refractivity contribution in [1.29, 1.82) is 0 Å². The minimum Gasteiger partial charge on any atom is -0.439 e. The second-order valence-corrected chi connectivity index (χ2v) is 9.05. The minimum absolute atomic E-state index is 0.109. The van der Waals surface area contributed by atoms with Crippen LogP contribution in [0.15, 0.2) is 64.0 Å². The summed E-state index contributed by atoms with van der Waals surface area (Å²) in [7, 11) is -1.91. The van der Waals surface area contributed by atoms with Gasteiger partial charge in [0.15, 0.2) is 5.76 Å². The Labute approximate surface area is 170 Å². The van der Waals surface area contributed by atoms with Crippen LogP contribution in [0.3, 0.4) is 0 Å². The Bertz CT molecular complexity index is 1030. The lowest BCUT2D eigenvalue weighted by Gasteiger charge is -2.21. The highest BCUT2D eigenvalue weighted by atomic mass is 35.5. The Morgan fingerprint density at radius 1 is 1.11 bits per heavy atom. The number of oxazole rings is 1. The molecule has 0 amide bonds. The summed E-state index contributed by atoms with van der Waals surface area (Å²) < 4.78 is 32.1. The van der Waals surface area contributed by atoms with Gasteiger partial charge in [-0.1, -0.05) is 11.6 Å². The summed E-state index contributed by atoms with van der Waals surface area (Å²) in [5, 5.41) is 3.84. The number of nitrogens with one attached hydrogen (secondary N) is 1. The minimum atomic E-state index is -3.49. The predicted molar refractivity (Wildman–Crippen MR) is 111 cm³/mol. The van der Waals surface area contributed by atoms with E-state index in [-0.39, 0.29) is 10.9 Å². The molecule has 3 rings (SSSR count). The first-order chi connectivity index (χ1) is 13.3. The van der Waals surface area contributed by atoms with Crippen LogP contribution in [0.2, 0.25) is 5.02 Å². The van der Waals surface area contributed by atoms with Crippen molar-refractivity contribution in [3.05, 3.63) is 65.6 Å². The molecule has 1 heterocycles. The molecule has 0 bridgehead atoms. The summed E-state index contributed by atoms with van der Waals surface area (Å²) in [6.45, 7) is 4.05. The normalized spacial score (nSPS) is 11.9. The van der Waals surface area contributed by atoms with Crippen LogP contribution < -0.4 is 5.32 Å². The van der Waals surface area contributed by atoms with Crippen LogP contribution >= 0.6 is 11.6 Å². The standard InChI is InChI=1S/C20H22ClN3O3S/c1-14(2)24(3)28(25,26)18-10-8-17(9-11-18)22-13-20-23-12-19(27-20)15-4-6-16(21)7-5-15/h4-12,14,22H,13H2,1-3H3. The van der Waals surface area contributed by atoms with E-state index < -0.39 is 10.0 Å². The first kappa shape index (κ1) is 20.4. The fraction of sp³-hybridized carbons (Fsp3) is 0.250. The topological polar surface area (TPSA) is 75.4 Å². The van der Waals surface area contributed by atoms with E-state index in [0.717, 1.165) is 11.3 Å². The third-order valence-corrected chi connectivity index (χ3v) is 6.68. The number of anilines is 1. The van der Waals surface area contributed by atoms with Gasteiger partial charge in [-0.2, -0.15) is 4.31 Å². The Kier molecular flexibility index (Phi) is 6.07. The van der Waals surface area contributed by atoms with Gasteiger partial charge in [0.05, 0.1) is 17.6 Å². The fourth-order valence-electron chi connectivity index (χ4n) is 2.51. The molecule has 0 saturated carbocycles. The zero-order valence-corrected chi connectivity index (χ0v) is 17.5. The summed E-state index contributed by atoms with van der Waals surface area (Å²) in [5.41, 5.74) is 1.67. The summed E-state index contributed by atoms with van der Waals surface area (Å²) in [6.07, 6.45) is 1.66. The number of hydrogen-bond acceptors (Lipinski definition) is 5. The smallest absolute Gasteiger partial charge is 0.243 e. The molecular formula is C20H22ClN3O3S. The monoisotopic (exact) mass is 419 g/mol. The van der Waals surface area contributed by atoms with Crippen molar-refractivity contribution < 1.29 is 12.8 Å². The third-order valence-electron chi connectivity index (χ3n) is 4.38. The summed E-state index contributed by atoms with van der Waals surface area (Å²) in [5.74, 6) is 1.19. The summed E-state index contributed by atoms with van der Waals surface area (Å²) in [6, 6.07) is 13.8. The molecule has 6 nitrogen and oxygen atoms in total. The molecule has 2 aromatic carbocycles. The van der Waals surface area contributed by atoms with Crippen LogP contribution in [-0.4, -0.2) is 30.8 Å². The Morgan fingerprint density at radius 2 is 1.75 bits per heavy atom. The second-order valence-electron chi connectivity index (χ2n) is 6.62. The van der Waals surface area contributed by atoms with E-state index in [1.807, 2.05) is 26.0 Å². The molecule has 1 N–H and O–H groups in total. The average molecular weight is 420 g/mol. The number of aromatic nitrogens is 1. The van der Waals surface area contributed by atoms with E-state index in [4.69, 9.17) is 16.0 Å². The first-order valence-corrected chi connectivity index (χ1v) is 10.6. The number of rotatable bonds is 7. The molecule has 0 aliphatic heterocycles. The number of sulfonamides is 1. The van der Waals surface area contributed by atoms with Gasteiger partial charge in [0, 0.05) is 29.4 Å². The van der Waals surface area contributed by atoms with Crippen LogP contribution in [0.4, 0.5) is 5.69 Å². The van der Waals surface area contributed by atoms with Gasteiger partial charge in [-0.15, -0.1) is 0 Å². The zero-order chi connectivity index (χ0) is 20.3. The summed E-state index contributed by atoms with van der Waals surface area (Å²) in [4.78, 5) is 4.52. The van der Waals surface area contributed by atoms with Crippen LogP contribution in [0.25, 0.3) is 11.3 Å². The highest BCUT2D eigenvalue weighted by Gasteiger charge is 2.22. The molecule has 0 saturated heterocycles. The van der Waals surface area contributed by atoms with Crippen molar-refractivity contribution in [2.45, 2.75) is 31.3 Å². The van der Waals surface area contributed by atoms with Crippen LogP contribution in [0.5, 0.6) is 0 Å². The molecule has 0 fully saturated rings. The molecule has 8 heteroatoms. The lowest BCUT2D eigenvalue weighted by atomic mass is 10.2. The van der Waals surface area contributed by atoms with E-state index in [9.17, 15) is 8.42 Å². The van der Waals surface area contributed by atoms with Gasteiger partial charge in [0.2, 0.25) is 15.9 Å². The van der Waals surface area contributed by atoms with Crippen molar-refractivity contribution in [2.75, 3.05) is 12.4 Å². The Balaban J connectivity index is 1.65. The van der Waals surface area contributed by atoms with E-state index in [1.54, 1.807) is 49.6 Å². The Morgan fingerprint density at radius 3 is 2.36 bits per heavy atom. The van der Waals surface area contributed by atoms with Crippen LogP contribution in [0, 0.1) is 0 Å². The molecule has 0 spiro atoms. The van der Waals surface area contributed by atoms with Crippen molar-refractivity contribution in [3.63, 3.8) is 0 Å². The Hall–Kier alpha value is -2.35. The maximum Gasteiger partial charge on any atom is 0.243 e. The van der Waals surface area contributed by atoms with Gasteiger partial charge >= 0.3 is 0 Å². The number of nitrogens with zero attached hydrogens (tertiary/aromatic N) is 2. The zero-order valence-electron chi connectivity index (χ0n) is 15.9. The number of benzene rings is 2. The van der Waals surface area contributed by atoms with Crippen LogP contribution in [0.1, 0.15) is 19.7 Å². The predicted octanol–water partition coefficient (Wildman–Crippen LogP) is 4.64. The van der Waals surface area contributed by atoms with Crippen molar-refractivity contribution in [3.8, 4) is 11.3 Å². The van der Waals surface area contributed by atoms with Gasteiger partial charge in [-0.05, 0) is 62.4 Å². The first-order valence-electron chi connectivity index (χ1n) is 8.80. The molecule has 0 atom stereocenters. The molecule has 3 aromatic rings. The highest BCUT2D eigenvalue weighted by Crippen LogP contribution is 2.23. The number of halogens is 1. The molecule has 0 aliphatic carbocycles. The van der Waals surface area contributed by atoms with E-state index >= 15 is 0 Å². The van der Waals surface area contributed by atoms with E-state index in [0.29, 0.717) is 23.2 Å². The highest BCUT2D eigenvalue weighted by molar-refractivity contribution is 7.89. The molecule has 0 unspecified atom stereocenters. The largest absolute Gasteiger partial charge is 0.439 e. The third kappa shape index (κ3) is 4.55. The quantitative estimate of drug-likeness (QED) is 0.603.